The van der Waals surface area contributed by atoms with Crippen molar-refractivity contribution < 1.29 is 14.3 Å². The van der Waals surface area contributed by atoms with Gasteiger partial charge in [-0.2, -0.15) is 0 Å². The minimum Gasteiger partial charge on any atom is -0.454 e. The molecule has 0 atom stereocenters. The van der Waals surface area contributed by atoms with Gasteiger partial charge in [0.15, 0.2) is 11.5 Å². The van der Waals surface area contributed by atoms with E-state index in [-0.39, 0.29) is 12.7 Å². The Balaban J connectivity index is 1.47. The van der Waals surface area contributed by atoms with Crippen LogP contribution in [-0.2, 0) is 13.0 Å². The number of nitrogens with one attached hydrogen (secondary N) is 1. The molecule has 5 rings (SSSR count). The van der Waals surface area contributed by atoms with E-state index in [1.54, 1.807) is 12.1 Å². The summed E-state index contributed by atoms with van der Waals surface area (Å²) in [5.41, 5.74) is 5.50. The lowest BCUT2D eigenvalue weighted by molar-refractivity contribution is 0.0734. The molecule has 3 heterocycles. The molecule has 2 aliphatic heterocycles. The molecule has 0 unspecified atom stereocenters. The van der Waals surface area contributed by atoms with Crippen LogP contribution < -0.4 is 9.47 Å². The average Bonchev–Trinajstić information content (AvgIpc) is 3.24. The lowest BCUT2D eigenvalue weighted by Gasteiger charge is -2.27. The number of carbonyl (C=O) groups excluding carboxylic acids is 1. The minimum absolute atomic E-state index is 0.0333. The molecular weight excluding hydrogens is 316 g/mol. The van der Waals surface area contributed by atoms with Crippen LogP contribution in [0, 0.1) is 6.92 Å². The van der Waals surface area contributed by atoms with Crippen molar-refractivity contribution in [2.45, 2.75) is 19.9 Å². The fourth-order valence-electron chi connectivity index (χ4n) is 3.71. The lowest BCUT2D eigenvalue weighted by atomic mass is 10.0. The van der Waals surface area contributed by atoms with Gasteiger partial charge in [0.2, 0.25) is 6.79 Å². The van der Waals surface area contributed by atoms with Crippen molar-refractivity contribution in [2.75, 3.05) is 13.3 Å². The highest BCUT2D eigenvalue weighted by molar-refractivity contribution is 5.96. The number of carbonyl (C=O) groups is 1. The lowest BCUT2D eigenvalue weighted by Crippen LogP contribution is -2.35. The van der Waals surface area contributed by atoms with Crippen molar-refractivity contribution in [2.24, 2.45) is 0 Å². The summed E-state index contributed by atoms with van der Waals surface area (Å²) in [6, 6.07) is 11.8. The first-order valence-electron chi connectivity index (χ1n) is 8.48. The standard InChI is InChI=1S/C20H18N2O3/c1-12-2-4-16-14(8-12)15-10-22(7-6-17(15)21-16)20(23)13-3-5-18-19(9-13)25-11-24-18/h2-5,8-9,21H,6-7,10-11H2,1H3. The molecule has 1 amide bonds. The number of benzene rings is 2. The largest absolute Gasteiger partial charge is 0.454 e. The molecule has 2 aromatic carbocycles. The van der Waals surface area contributed by atoms with Gasteiger partial charge < -0.3 is 19.4 Å². The Hall–Kier alpha value is -2.95. The number of aromatic nitrogens is 1. The number of hydrogen-bond donors (Lipinski definition) is 1. The Kier molecular flexibility index (Phi) is 3.04. The van der Waals surface area contributed by atoms with Crippen molar-refractivity contribution in [3.05, 3.63) is 58.8 Å². The van der Waals surface area contributed by atoms with E-state index in [9.17, 15) is 4.79 Å². The van der Waals surface area contributed by atoms with E-state index in [0.29, 0.717) is 30.2 Å². The minimum atomic E-state index is 0.0333. The second kappa shape index (κ2) is 5.28. The van der Waals surface area contributed by atoms with E-state index in [4.69, 9.17) is 9.47 Å². The summed E-state index contributed by atoms with van der Waals surface area (Å²) in [7, 11) is 0. The molecule has 3 aromatic rings. The monoisotopic (exact) mass is 334 g/mol. The highest BCUT2D eigenvalue weighted by Crippen LogP contribution is 2.34. The summed E-state index contributed by atoms with van der Waals surface area (Å²) in [6.45, 7) is 3.66. The third-order valence-electron chi connectivity index (χ3n) is 5.04. The van der Waals surface area contributed by atoms with Gasteiger partial charge in [-0.05, 0) is 37.3 Å². The first-order valence-corrected chi connectivity index (χ1v) is 8.48. The molecule has 126 valence electrons. The molecule has 0 bridgehead atoms. The van der Waals surface area contributed by atoms with E-state index < -0.39 is 0 Å². The quantitative estimate of drug-likeness (QED) is 0.742. The van der Waals surface area contributed by atoms with E-state index in [1.807, 2.05) is 11.0 Å². The summed E-state index contributed by atoms with van der Waals surface area (Å²) in [4.78, 5) is 18.4. The number of H-pyrrole nitrogens is 1. The van der Waals surface area contributed by atoms with Crippen LogP contribution in [0.25, 0.3) is 10.9 Å². The Morgan fingerprint density at radius 3 is 2.92 bits per heavy atom. The molecule has 5 heteroatoms. The van der Waals surface area contributed by atoms with Crippen molar-refractivity contribution in [1.82, 2.24) is 9.88 Å². The zero-order valence-electron chi connectivity index (χ0n) is 14.0. The van der Waals surface area contributed by atoms with Gasteiger partial charge in [0.1, 0.15) is 0 Å². The highest BCUT2D eigenvalue weighted by Gasteiger charge is 2.26. The van der Waals surface area contributed by atoms with Crippen LogP contribution in [0.5, 0.6) is 11.5 Å². The first kappa shape index (κ1) is 14.4. The van der Waals surface area contributed by atoms with Gasteiger partial charge in [-0.25, -0.2) is 0 Å². The Morgan fingerprint density at radius 1 is 1.12 bits per heavy atom. The van der Waals surface area contributed by atoms with Crippen LogP contribution in [0.3, 0.4) is 0 Å². The number of rotatable bonds is 1. The van der Waals surface area contributed by atoms with Crippen molar-refractivity contribution in [3.63, 3.8) is 0 Å². The van der Waals surface area contributed by atoms with Gasteiger partial charge >= 0.3 is 0 Å². The first-order chi connectivity index (χ1) is 12.2. The normalized spacial score (nSPS) is 15.5. The Labute approximate surface area is 145 Å². The van der Waals surface area contributed by atoms with Gasteiger partial charge in [0.05, 0.1) is 0 Å². The Morgan fingerprint density at radius 2 is 2.00 bits per heavy atom. The number of aromatic amines is 1. The third kappa shape index (κ3) is 2.27. The summed E-state index contributed by atoms with van der Waals surface area (Å²) < 4.78 is 10.7. The van der Waals surface area contributed by atoms with Crippen LogP contribution in [0.1, 0.15) is 27.2 Å². The zero-order valence-corrected chi connectivity index (χ0v) is 14.0. The molecular formula is C20H18N2O3. The number of fused-ring (bicyclic) bond motifs is 4. The van der Waals surface area contributed by atoms with Crippen molar-refractivity contribution in [1.29, 1.82) is 0 Å². The Bertz CT molecular complexity index is 1010. The summed E-state index contributed by atoms with van der Waals surface area (Å²) >= 11 is 0. The molecule has 0 aliphatic carbocycles. The molecule has 0 fully saturated rings. The molecule has 2 aliphatic rings. The van der Waals surface area contributed by atoms with Gasteiger partial charge in [0, 0.05) is 47.2 Å². The zero-order chi connectivity index (χ0) is 17.0. The van der Waals surface area contributed by atoms with Crippen LogP contribution in [0.4, 0.5) is 0 Å². The van der Waals surface area contributed by atoms with Gasteiger partial charge in [-0.15, -0.1) is 0 Å². The maximum absolute atomic E-state index is 13.0. The van der Waals surface area contributed by atoms with Crippen molar-refractivity contribution in [3.8, 4) is 11.5 Å². The molecule has 5 nitrogen and oxygen atoms in total. The van der Waals surface area contributed by atoms with E-state index in [1.165, 1.54) is 22.2 Å². The molecule has 25 heavy (non-hydrogen) atoms. The number of nitrogens with zero attached hydrogens (tertiary/aromatic N) is 1. The van der Waals surface area contributed by atoms with E-state index in [0.717, 1.165) is 11.9 Å². The van der Waals surface area contributed by atoms with Gasteiger partial charge in [-0.3, -0.25) is 4.79 Å². The summed E-state index contributed by atoms with van der Waals surface area (Å²) in [6.07, 6.45) is 0.847. The highest BCUT2D eigenvalue weighted by atomic mass is 16.7. The molecule has 0 saturated heterocycles. The number of ether oxygens (including phenoxy) is 2. The molecule has 1 aromatic heterocycles. The molecule has 0 spiro atoms. The smallest absolute Gasteiger partial charge is 0.254 e. The second-order valence-electron chi connectivity index (χ2n) is 6.68. The number of hydrogen-bond acceptors (Lipinski definition) is 3. The maximum atomic E-state index is 13.0. The fraction of sp³-hybridized carbons (Fsp3) is 0.250. The second-order valence-corrected chi connectivity index (χ2v) is 6.68. The number of aryl methyl sites for hydroxylation is 1. The van der Waals surface area contributed by atoms with E-state index in [2.05, 4.69) is 30.1 Å². The fourth-order valence-corrected chi connectivity index (χ4v) is 3.71. The van der Waals surface area contributed by atoms with Crippen LogP contribution in [0.15, 0.2) is 36.4 Å². The summed E-state index contributed by atoms with van der Waals surface area (Å²) in [5.74, 6) is 1.38. The molecule has 1 N–H and O–H groups in total. The number of amides is 1. The van der Waals surface area contributed by atoms with Crippen LogP contribution >= 0.6 is 0 Å². The van der Waals surface area contributed by atoms with Crippen LogP contribution in [0.2, 0.25) is 0 Å². The topological polar surface area (TPSA) is 54.6 Å². The van der Waals surface area contributed by atoms with Crippen molar-refractivity contribution >= 4 is 16.8 Å². The van der Waals surface area contributed by atoms with E-state index >= 15 is 0 Å². The predicted octanol–water partition coefficient (Wildman–Crippen LogP) is 3.40. The van der Waals surface area contributed by atoms with Gasteiger partial charge in [-0.1, -0.05) is 11.6 Å². The SMILES string of the molecule is Cc1ccc2[nH]c3c(c2c1)CN(C(=O)c1ccc2c(c1)OCO2)CC3. The predicted molar refractivity (Wildman–Crippen MR) is 94.0 cm³/mol. The average molecular weight is 334 g/mol. The van der Waals surface area contributed by atoms with Crippen LogP contribution in [-0.4, -0.2) is 29.1 Å². The third-order valence-corrected chi connectivity index (χ3v) is 5.04. The molecule has 0 radical (unpaired) electrons. The summed E-state index contributed by atoms with van der Waals surface area (Å²) in [5, 5.41) is 1.22. The maximum Gasteiger partial charge on any atom is 0.254 e. The molecule has 0 saturated carbocycles. The van der Waals surface area contributed by atoms with Gasteiger partial charge in [0.25, 0.3) is 5.91 Å².